The highest BCUT2D eigenvalue weighted by molar-refractivity contribution is 5.86. The average molecular weight is 275 g/mol. The normalized spacial score (nSPS) is 11.6. The Morgan fingerprint density at radius 1 is 1.25 bits per heavy atom. The Labute approximate surface area is 116 Å². The van der Waals surface area contributed by atoms with Gasteiger partial charge in [-0.05, 0) is 35.6 Å². The van der Waals surface area contributed by atoms with Gasteiger partial charge in [-0.15, -0.1) is 0 Å². The molecule has 1 aromatic heterocycles. The summed E-state index contributed by atoms with van der Waals surface area (Å²) in [4.78, 5) is 10.8. The molecule has 0 aliphatic carbocycles. The van der Waals surface area contributed by atoms with Crippen molar-refractivity contribution in [1.82, 2.24) is 5.16 Å². The zero-order valence-corrected chi connectivity index (χ0v) is 11.9. The topological polar surface area (TPSA) is 83.6 Å². The maximum Gasteiger partial charge on any atom is 0.374 e. The number of rotatable bonds is 2. The van der Waals surface area contributed by atoms with E-state index in [-0.39, 0.29) is 16.9 Å². The minimum atomic E-state index is -1.16. The highest BCUT2D eigenvalue weighted by Crippen LogP contribution is 2.36. The Hall–Kier alpha value is -2.30. The van der Waals surface area contributed by atoms with E-state index in [1.165, 1.54) is 6.07 Å². The van der Waals surface area contributed by atoms with Crippen LogP contribution in [0.5, 0.6) is 5.75 Å². The minimum absolute atomic E-state index is 0.204. The number of carboxylic acid groups (broad SMARTS) is 1. The number of aryl methyl sites for hydroxylation is 1. The van der Waals surface area contributed by atoms with Gasteiger partial charge in [-0.2, -0.15) is 0 Å². The maximum absolute atomic E-state index is 10.8. The molecule has 0 fully saturated rings. The molecule has 0 amide bonds. The van der Waals surface area contributed by atoms with E-state index < -0.39 is 5.97 Å². The van der Waals surface area contributed by atoms with Crippen molar-refractivity contribution in [3.8, 4) is 17.0 Å². The monoisotopic (exact) mass is 275 g/mol. The van der Waals surface area contributed by atoms with Gasteiger partial charge in [0.15, 0.2) is 0 Å². The molecule has 0 radical (unpaired) electrons. The van der Waals surface area contributed by atoms with Crippen LogP contribution in [0.3, 0.4) is 0 Å². The lowest BCUT2D eigenvalue weighted by Gasteiger charge is -2.22. The Bertz CT molecular complexity index is 665. The van der Waals surface area contributed by atoms with Crippen molar-refractivity contribution in [2.24, 2.45) is 0 Å². The largest absolute Gasteiger partial charge is 0.508 e. The van der Waals surface area contributed by atoms with Gasteiger partial charge in [-0.25, -0.2) is 4.79 Å². The highest BCUT2D eigenvalue weighted by atomic mass is 16.5. The molecule has 0 bridgehead atoms. The first-order valence-corrected chi connectivity index (χ1v) is 6.24. The van der Waals surface area contributed by atoms with Crippen LogP contribution in [0, 0.1) is 6.92 Å². The zero-order valence-electron chi connectivity index (χ0n) is 11.9. The third-order valence-electron chi connectivity index (χ3n) is 3.15. The summed E-state index contributed by atoms with van der Waals surface area (Å²) in [5.74, 6) is -1.14. The summed E-state index contributed by atoms with van der Waals surface area (Å²) in [6.07, 6.45) is 0. The van der Waals surface area contributed by atoms with E-state index in [1.807, 2.05) is 33.8 Å². The second-order valence-electron chi connectivity index (χ2n) is 5.82. The highest BCUT2D eigenvalue weighted by Gasteiger charge is 2.21. The van der Waals surface area contributed by atoms with Crippen molar-refractivity contribution >= 4 is 5.97 Å². The average Bonchev–Trinajstić information content (AvgIpc) is 2.76. The molecule has 1 aromatic carbocycles. The van der Waals surface area contributed by atoms with Crippen molar-refractivity contribution in [3.05, 3.63) is 35.1 Å². The summed E-state index contributed by atoms with van der Waals surface area (Å²) in [6, 6.07) is 4.87. The molecule has 2 rings (SSSR count). The van der Waals surface area contributed by atoms with Crippen molar-refractivity contribution in [3.63, 3.8) is 0 Å². The van der Waals surface area contributed by atoms with Gasteiger partial charge in [-0.1, -0.05) is 25.9 Å². The van der Waals surface area contributed by atoms with E-state index in [0.717, 1.165) is 16.7 Å². The van der Waals surface area contributed by atoms with Gasteiger partial charge in [-0.3, -0.25) is 0 Å². The number of aromatic hydroxyl groups is 1. The first-order chi connectivity index (χ1) is 9.20. The Balaban J connectivity index is 2.58. The fourth-order valence-corrected chi connectivity index (χ4v) is 2.07. The zero-order chi connectivity index (χ0) is 15.1. The summed E-state index contributed by atoms with van der Waals surface area (Å²) in [6.45, 7) is 7.81. The molecule has 0 unspecified atom stereocenters. The van der Waals surface area contributed by atoms with E-state index in [0.29, 0.717) is 5.69 Å². The second kappa shape index (κ2) is 4.67. The van der Waals surface area contributed by atoms with Crippen molar-refractivity contribution < 1.29 is 19.5 Å². The summed E-state index contributed by atoms with van der Waals surface area (Å²) in [7, 11) is 0. The van der Waals surface area contributed by atoms with Gasteiger partial charge < -0.3 is 14.7 Å². The molecule has 0 spiro atoms. The lowest BCUT2D eigenvalue weighted by molar-refractivity contribution is 0.0652. The molecule has 20 heavy (non-hydrogen) atoms. The Kier molecular flexibility index (Phi) is 3.29. The number of carboxylic acids is 1. The number of hydrogen-bond acceptors (Lipinski definition) is 4. The number of aromatic carboxylic acids is 1. The summed E-state index contributed by atoms with van der Waals surface area (Å²) in [5.41, 5.74) is 2.56. The molecule has 1 heterocycles. The van der Waals surface area contributed by atoms with Crippen LogP contribution in [0.2, 0.25) is 0 Å². The van der Waals surface area contributed by atoms with Gasteiger partial charge in [0.1, 0.15) is 11.4 Å². The number of carbonyl (C=O) groups is 1. The number of phenols is 1. The summed E-state index contributed by atoms with van der Waals surface area (Å²) < 4.78 is 4.78. The van der Waals surface area contributed by atoms with Crippen LogP contribution in [0.25, 0.3) is 11.3 Å². The van der Waals surface area contributed by atoms with Crippen molar-refractivity contribution in [1.29, 1.82) is 0 Å². The molecule has 5 nitrogen and oxygen atoms in total. The van der Waals surface area contributed by atoms with E-state index >= 15 is 0 Å². The Morgan fingerprint density at radius 2 is 1.90 bits per heavy atom. The molecule has 0 saturated heterocycles. The lowest BCUT2D eigenvalue weighted by atomic mass is 9.84. The van der Waals surface area contributed by atoms with Gasteiger partial charge in [0.25, 0.3) is 0 Å². The van der Waals surface area contributed by atoms with Crippen LogP contribution in [0.4, 0.5) is 0 Å². The molecule has 2 aromatic rings. The lowest BCUT2D eigenvalue weighted by Crippen LogP contribution is -2.11. The maximum atomic E-state index is 10.8. The number of nitrogens with zero attached hydrogens (tertiary/aromatic N) is 1. The smallest absolute Gasteiger partial charge is 0.374 e. The number of aromatic nitrogens is 1. The summed E-state index contributed by atoms with van der Waals surface area (Å²) in [5, 5.41) is 22.7. The van der Waals surface area contributed by atoms with E-state index in [1.54, 1.807) is 6.07 Å². The SMILES string of the molecule is Cc1cc(O)c(C(C)(C)C)cc1-c1cc(C(=O)O)on1. The third kappa shape index (κ3) is 2.52. The standard InChI is InChI=1S/C15H17NO4/c1-8-5-12(17)10(15(2,3)4)6-9(8)11-7-13(14(18)19)20-16-11/h5-7,17H,1-4H3,(H,18,19). The molecule has 0 saturated carbocycles. The minimum Gasteiger partial charge on any atom is -0.508 e. The summed E-state index contributed by atoms with van der Waals surface area (Å²) >= 11 is 0. The van der Waals surface area contributed by atoms with Crippen LogP contribution < -0.4 is 0 Å². The van der Waals surface area contributed by atoms with Crippen LogP contribution in [-0.4, -0.2) is 21.3 Å². The van der Waals surface area contributed by atoms with Gasteiger partial charge >= 0.3 is 5.97 Å². The van der Waals surface area contributed by atoms with Gasteiger partial charge in [0.2, 0.25) is 5.76 Å². The number of hydrogen-bond donors (Lipinski definition) is 2. The van der Waals surface area contributed by atoms with Crippen LogP contribution in [0.1, 0.15) is 42.5 Å². The van der Waals surface area contributed by atoms with Crippen LogP contribution in [0.15, 0.2) is 22.7 Å². The van der Waals surface area contributed by atoms with E-state index in [2.05, 4.69) is 5.16 Å². The molecule has 0 atom stereocenters. The fourth-order valence-electron chi connectivity index (χ4n) is 2.07. The van der Waals surface area contributed by atoms with Crippen molar-refractivity contribution in [2.45, 2.75) is 33.1 Å². The van der Waals surface area contributed by atoms with Crippen molar-refractivity contribution in [2.75, 3.05) is 0 Å². The first kappa shape index (κ1) is 14.1. The van der Waals surface area contributed by atoms with E-state index in [9.17, 15) is 9.90 Å². The number of benzene rings is 1. The van der Waals surface area contributed by atoms with Crippen LogP contribution >= 0.6 is 0 Å². The van der Waals surface area contributed by atoms with Crippen LogP contribution in [-0.2, 0) is 5.41 Å². The second-order valence-corrected chi connectivity index (χ2v) is 5.82. The predicted octanol–water partition coefficient (Wildman–Crippen LogP) is 3.35. The van der Waals surface area contributed by atoms with E-state index in [4.69, 9.17) is 9.63 Å². The Morgan fingerprint density at radius 3 is 2.40 bits per heavy atom. The predicted molar refractivity (Wildman–Crippen MR) is 74.0 cm³/mol. The molecule has 0 aliphatic heterocycles. The van der Waals surface area contributed by atoms with Gasteiger partial charge in [0.05, 0.1) is 0 Å². The molecule has 106 valence electrons. The molecular formula is C15H17NO4. The fraction of sp³-hybridized carbons (Fsp3) is 0.333. The molecule has 5 heteroatoms. The third-order valence-corrected chi connectivity index (χ3v) is 3.15. The molecule has 0 aliphatic rings. The molecular weight excluding hydrogens is 258 g/mol. The quantitative estimate of drug-likeness (QED) is 0.878. The number of phenolic OH excluding ortho intramolecular Hbond substituents is 1. The first-order valence-electron chi connectivity index (χ1n) is 6.24. The van der Waals surface area contributed by atoms with Gasteiger partial charge in [0, 0.05) is 11.6 Å². The molecule has 2 N–H and O–H groups in total.